The van der Waals surface area contributed by atoms with Gasteiger partial charge in [-0.1, -0.05) is 0 Å². The van der Waals surface area contributed by atoms with Crippen molar-refractivity contribution in [2.75, 3.05) is 25.6 Å². The summed E-state index contributed by atoms with van der Waals surface area (Å²) in [5, 5.41) is 11.8. The number of carbonyl (C=O) groups is 2. The molecule has 1 amide bonds. The number of carboxylic acid groups (broad SMARTS) is 1. The smallest absolute Gasteiger partial charge is 0.339 e. The number of carboxylic acids is 1. The van der Waals surface area contributed by atoms with E-state index in [-0.39, 0.29) is 23.8 Å². The Morgan fingerprint density at radius 2 is 2.30 bits per heavy atom. The molecule has 1 spiro atoms. The topological polar surface area (TPSA) is 94.1 Å². The van der Waals surface area contributed by atoms with Gasteiger partial charge in [0.1, 0.15) is 17.1 Å². The minimum absolute atomic E-state index is 0.0335. The monoisotopic (exact) mass is 279 g/mol. The highest BCUT2D eigenvalue weighted by Crippen LogP contribution is 2.41. The van der Waals surface area contributed by atoms with Crippen LogP contribution in [0.5, 0.6) is 11.5 Å². The summed E-state index contributed by atoms with van der Waals surface area (Å²) in [6.07, 6.45) is 0.460. The number of ether oxygens (including phenoxy) is 3. The lowest BCUT2D eigenvalue weighted by Crippen LogP contribution is -2.51. The molecule has 1 aromatic rings. The van der Waals surface area contributed by atoms with E-state index in [0.717, 1.165) is 0 Å². The van der Waals surface area contributed by atoms with E-state index in [4.69, 9.17) is 19.3 Å². The van der Waals surface area contributed by atoms with Crippen LogP contribution in [0.1, 0.15) is 16.8 Å². The molecule has 0 radical (unpaired) electrons. The Bertz CT molecular complexity index is 591. The van der Waals surface area contributed by atoms with Gasteiger partial charge in [-0.25, -0.2) is 4.79 Å². The Labute approximate surface area is 114 Å². The summed E-state index contributed by atoms with van der Waals surface area (Å²) in [7, 11) is 1.38. The molecule has 1 fully saturated rings. The fourth-order valence-corrected chi connectivity index (χ4v) is 2.38. The van der Waals surface area contributed by atoms with Crippen LogP contribution in [0.2, 0.25) is 0 Å². The molecule has 7 heteroatoms. The number of hydrogen-bond acceptors (Lipinski definition) is 5. The number of aromatic carboxylic acids is 1. The molecule has 0 aliphatic carbocycles. The van der Waals surface area contributed by atoms with Crippen molar-refractivity contribution in [2.24, 2.45) is 0 Å². The third kappa shape index (κ3) is 1.78. The summed E-state index contributed by atoms with van der Waals surface area (Å²) in [6.45, 7) is 0.633. The van der Waals surface area contributed by atoms with E-state index in [1.165, 1.54) is 19.2 Å². The second-order valence-electron chi connectivity index (χ2n) is 4.71. The van der Waals surface area contributed by atoms with Crippen LogP contribution in [0.25, 0.3) is 0 Å². The molecule has 0 bridgehead atoms. The van der Waals surface area contributed by atoms with E-state index in [1.807, 2.05) is 0 Å². The molecule has 0 aromatic heterocycles. The molecule has 1 atom stereocenters. The molecule has 7 nitrogen and oxygen atoms in total. The van der Waals surface area contributed by atoms with E-state index in [2.05, 4.69) is 5.32 Å². The zero-order chi connectivity index (χ0) is 14.3. The molecule has 2 aliphatic rings. The van der Waals surface area contributed by atoms with Gasteiger partial charge in [0, 0.05) is 12.5 Å². The first kappa shape index (κ1) is 12.7. The number of methoxy groups -OCH3 is 1. The highest BCUT2D eigenvalue weighted by atomic mass is 16.6. The van der Waals surface area contributed by atoms with Gasteiger partial charge in [0.05, 0.1) is 26.0 Å². The summed E-state index contributed by atoms with van der Waals surface area (Å²) in [6, 6.07) is 2.80. The molecule has 3 rings (SSSR count). The van der Waals surface area contributed by atoms with Crippen LogP contribution in [0, 0.1) is 0 Å². The molecular weight excluding hydrogens is 266 g/mol. The lowest BCUT2D eigenvalue weighted by Gasteiger charge is -2.33. The van der Waals surface area contributed by atoms with E-state index < -0.39 is 11.6 Å². The lowest BCUT2D eigenvalue weighted by atomic mass is 9.99. The normalized spacial score (nSPS) is 23.9. The Morgan fingerprint density at radius 3 is 2.90 bits per heavy atom. The number of fused-ring (bicyclic) bond motifs is 1. The predicted molar refractivity (Wildman–Crippen MR) is 67.4 cm³/mol. The van der Waals surface area contributed by atoms with Gasteiger partial charge in [-0.15, -0.1) is 0 Å². The summed E-state index contributed by atoms with van der Waals surface area (Å²) < 4.78 is 16.0. The number of benzene rings is 1. The fraction of sp³-hybridized carbons (Fsp3) is 0.385. The Kier molecular flexibility index (Phi) is 2.79. The van der Waals surface area contributed by atoms with Crippen molar-refractivity contribution in [3.8, 4) is 11.5 Å². The molecule has 1 aromatic carbocycles. The highest BCUT2D eigenvalue weighted by molar-refractivity contribution is 6.03. The molecule has 0 saturated carbocycles. The Hall–Kier alpha value is -2.28. The van der Waals surface area contributed by atoms with Crippen LogP contribution in [-0.2, 0) is 9.53 Å². The first-order valence-electron chi connectivity index (χ1n) is 6.09. The fourth-order valence-electron chi connectivity index (χ4n) is 2.38. The summed E-state index contributed by atoms with van der Waals surface area (Å²) in [5.74, 6) is -0.884. The maximum Gasteiger partial charge on any atom is 0.339 e. The van der Waals surface area contributed by atoms with E-state index in [1.54, 1.807) is 0 Å². The quantitative estimate of drug-likeness (QED) is 0.834. The maximum atomic E-state index is 12.1. The second-order valence-corrected chi connectivity index (χ2v) is 4.71. The average molecular weight is 279 g/mol. The number of amides is 1. The average Bonchev–Trinajstić information content (AvgIpc) is 2.88. The van der Waals surface area contributed by atoms with Crippen LogP contribution >= 0.6 is 0 Å². The van der Waals surface area contributed by atoms with Crippen molar-refractivity contribution >= 4 is 17.6 Å². The van der Waals surface area contributed by atoms with Gasteiger partial charge >= 0.3 is 5.97 Å². The van der Waals surface area contributed by atoms with Crippen molar-refractivity contribution in [1.29, 1.82) is 0 Å². The Morgan fingerprint density at radius 1 is 1.50 bits per heavy atom. The highest BCUT2D eigenvalue weighted by Gasteiger charge is 2.48. The third-order valence-electron chi connectivity index (χ3n) is 3.48. The maximum absolute atomic E-state index is 12.1. The molecule has 1 saturated heterocycles. The second kappa shape index (κ2) is 4.38. The molecule has 20 heavy (non-hydrogen) atoms. The number of rotatable bonds is 2. The van der Waals surface area contributed by atoms with Crippen LogP contribution in [0.4, 0.5) is 5.69 Å². The van der Waals surface area contributed by atoms with Gasteiger partial charge in [0.2, 0.25) is 5.60 Å². The van der Waals surface area contributed by atoms with Crippen molar-refractivity contribution in [3.63, 3.8) is 0 Å². The molecule has 106 valence electrons. The number of hydrogen-bond donors (Lipinski definition) is 2. The summed E-state index contributed by atoms with van der Waals surface area (Å²) >= 11 is 0. The SMILES string of the molecule is COc1cc2c(cc1C(=O)O)NC(=O)C1(CCOC1)O2. The summed E-state index contributed by atoms with van der Waals surface area (Å²) in [4.78, 5) is 23.3. The van der Waals surface area contributed by atoms with Gasteiger partial charge in [0.25, 0.3) is 5.91 Å². The number of carbonyl (C=O) groups excluding carboxylic acids is 1. The molecule has 2 heterocycles. The largest absolute Gasteiger partial charge is 0.496 e. The minimum Gasteiger partial charge on any atom is -0.496 e. The van der Waals surface area contributed by atoms with Crippen molar-refractivity contribution in [2.45, 2.75) is 12.0 Å². The van der Waals surface area contributed by atoms with Gasteiger partial charge in [-0.2, -0.15) is 0 Å². The zero-order valence-corrected chi connectivity index (χ0v) is 10.8. The van der Waals surface area contributed by atoms with Gasteiger partial charge in [-0.05, 0) is 6.07 Å². The molecule has 1 unspecified atom stereocenters. The van der Waals surface area contributed by atoms with Gasteiger partial charge in [0.15, 0.2) is 0 Å². The van der Waals surface area contributed by atoms with Crippen LogP contribution in [-0.4, -0.2) is 42.9 Å². The van der Waals surface area contributed by atoms with Crippen LogP contribution in [0.15, 0.2) is 12.1 Å². The summed E-state index contributed by atoms with van der Waals surface area (Å²) in [5.41, 5.74) is -0.734. The van der Waals surface area contributed by atoms with E-state index in [9.17, 15) is 9.59 Å². The molecular formula is C13H13NO6. The van der Waals surface area contributed by atoms with Crippen molar-refractivity contribution in [3.05, 3.63) is 17.7 Å². The standard InChI is InChI=1S/C13H13NO6/c1-18-9-5-10-8(4-7(9)11(15)16)14-12(17)13(20-10)2-3-19-6-13/h4-5H,2-3,6H2,1H3,(H,14,17)(H,15,16). The minimum atomic E-state index is -1.14. The first-order valence-corrected chi connectivity index (χ1v) is 6.09. The third-order valence-corrected chi connectivity index (χ3v) is 3.48. The van der Waals surface area contributed by atoms with Crippen LogP contribution in [0.3, 0.4) is 0 Å². The lowest BCUT2D eigenvalue weighted by molar-refractivity contribution is -0.132. The number of anilines is 1. The van der Waals surface area contributed by atoms with Gasteiger partial charge in [-0.3, -0.25) is 4.79 Å². The molecule has 2 aliphatic heterocycles. The first-order chi connectivity index (χ1) is 9.55. The molecule has 2 N–H and O–H groups in total. The van der Waals surface area contributed by atoms with E-state index in [0.29, 0.717) is 24.5 Å². The van der Waals surface area contributed by atoms with Gasteiger partial charge < -0.3 is 24.6 Å². The number of nitrogens with one attached hydrogen (secondary N) is 1. The van der Waals surface area contributed by atoms with Crippen LogP contribution < -0.4 is 14.8 Å². The Balaban J connectivity index is 2.05. The van der Waals surface area contributed by atoms with Crippen molar-refractivity contribution in [1.82, 2.24) is 0 Å². The van der Waals surface area contributed by atoms with E-state index >= 15 is 0 Å². The predicted octanol–water partition coefficient (Wildman–Crippen LogP) is 0.883. The van der Waals surface area contributed by atoms with Crippen molar-refractivity contribution < 1.29 is 28.9 Å². The zero-order valence-electron chi connectivity index (χ0n) is 10.8.